The molecule has 1 aliphatic rings. The van der Waals surface area contributed by atoms with E-state index < -0.39 is 12.0 Å². The molecule has 3 amide bonds. The molecule has 1 aliphatic heterocycles. The number of carbonyl (C=O) groups excluding carboxylic acids is 3. The van der Waals surface area contributed by atoms with Crippen LogP contribution in [0.4, 0.5) is 4.79 Å². The van der Waals surface area contributed by atoms with Gasteiger partial charge in [-0.2, -0.15) is 0 Å². The van der Waals surface area contributed by atoms with Crippen LogP contribution in [-0.2, 0) is 25.7 Å². The number of primary amides is 1. The second kappa shape index (κ2) is 11.4. The Morgan fingerprint density at radius 2 is 1.97 bits per heavy atom. The Labute approximate surface area is 171 Å². The molecule has 1 aromatic carbocycles. The predicted octanol–water partition coefficient (Wildman–Crippen LogP) is 1.82. The van der Waals surface area contributed by atoms with E-state index in [1.807, 2.05) is 44.2 Å². The molecule has 0 radical (unpaired) electrons. The third kappa shape index (κ3) is 7.73. The molecular weight excluding hydrogens is 374 g/mol. The molecule has 29 heavy (non-hydrogen) atoms. The van der Waals surface area contributed by atoms with Gasteiger partial charge in [0, 0.05) is 6.54 Å². The van der Waals surface area contributed by atoms with Crippen molar-refractivity contribution < 1.29 is 23.9 Å². The SMILES string of the molecule is CC(C)CC(OC[C@@H]1CCCN1C(=O)OCc1ccccc1)C(=O)NCC(N)=O. The number of nitrogens with two attached hydrogens (primary N) is 1. The van der Waals surface area contributed by atoms with Crippen molar-refractivity contribution in [2.45, 2.75) is 51.9 Å². The number of amides is 3. The van der Waals surface area contributed by atoms with Gasteiger partial charge in [0.25, 0.3) is 0 Å². The van der Waals surface area contributed by atoms with E-state index in [-0.39, 0.29) is 43.7 Å². The number of likely N-dealkylation sites (tertiary alicyclic amines) is 1. The Morgan fingerprint density at radius 3 is 2.62 bits per heavy atom. The maximum atomic E-state index is 12.5. The van der Waals surface area contributed by atoms with Crippen LogP contribution in [0.25, 0.3) is 0 Å². The second-order valence-electron chi connectivity index (χ2n) is 7.67. The average Bonchev–Trinajstić information content (AvgIpc) is 3.16. The van der Waals surface area contributed by atoms with Crippen LogP contribution in [0.5, 0.6) is 0 Å². The minimum atomic E-state index is -0.697. The van der Waals surface area contributed by atoms with E-state index in [9.17, 15) is 14.4 Å². The third-order valence-corrected chi connectivity index (χ3v) is 4.72. The molecule has 2 atom stereocenters. The minimum absolute atomic E-state index is 0.142. The summed E-state index contributed by atoms with van der Waals surface area (Å²) in [7, 11) is 0. The fraction of sp³-hybridized carbons (Fsp3) is 0.571. The van der Waals surface area contributed by atoms with Gasteiger partial charge < -0.3 is 25.4 Å². The maximum absolute atomic E-state index is 12.5. The molecule has 3 N–H and O–H groups in total. The third-order valence-electron chi connectivity index (χ3n) is 4.72. The van der Waals surface area contributed by atoms with Crippen molar-refractivity contribution in [2.75, 3.05) is 19.7 Å². The zero-order valence-corrected chi connectivity index (χ0v) is 17.1. The van der Waals surface area contributed by atoms with E-state index in [0.717, 1.165) is 18.4 Å². The van der Waals surface area contributed by atoms with Gasteiger partial charge in [0.1, 0.15) is 12.7 Å². The molecule has 8 nitrogen and oxygen atoms in total. The molecule has 160 valence electrons. The van der Waals surface area contributed by atoms with E-state index >= 15 is 0 Å². The van der Waals surface area contributed by atoms with Crippen LogP contribution in [0.15, 0.2) is 30.3 Å². The van der Waals surface area contributed by atoms with Crippen LogP contribution in [0.1, 0.15) is 38.7 Å². The van der Waals surface area contributed by atoms with Crippen LogP contribution in [0.2, 0.25) is 0 Å². The Kier molecular flexibility index (Phi) is 8.92. The number of rotatable bonds is 10. The topological polar surface area (TPSA) is 111 Å². The first-order valence-corrected chi connectivity index (χ1v) is 10.0. The number of hydrogen-bond acceptors (Lipinski definition) is 5. The normalized spacial score (nSPS) is 17.2. The lowest BCUT2D eigenvalue weighted by Gasteiger charge is -2.26. The smallest absolute Gasteiger partial charge is 0.410 e. The van der Waals surface area contributed by atoms with Crippen molar-refractivity contribution in [3.8, 4) is 0 Å². The van der Waals surface area contributed by atoms with Crippen molar-refractivity contribution in [1.82, 2.24) is 10.2 Å². The van der Waals surface area contributed by atoms with Crippen LogP contribution < -0.4 is 11.1 Å². The quantitative estimate of drug-likeness (QED) is 0.617. The molecule has 0 aromatic heterocycles. The molecule has 2 rings (SSSR count). The van der Waals surface area contributed by atoms with Gasteiger partial charge >= 0.3 is 6.09 Å². The molecular formula is C21H31N3O5. The number of benzene rings is 1. The van der Waals surface area contributed by atoms with E-state index in [4.69, 9.17) is 15.2 Å². The number of hydrogen-bond donors (Lipinski definition) is 2. The molecule has 1 fully saturated rings. The first-order valence-electron chi connectivity index (χ1n) is 10.0. The Balaban J connectivity index is 1.87. The molecule has 1 unspecified atom stereocenters. The molecule has 0 spiro atoms. The van der Waals surface area contributed by atoms with E-state index in [2.05, 4.69) is 5.32 Å². The highest BCUT2D eigenvalue weighted by atomic mass is 16.6. The van der Waals surface area contributed by atoms with E-state index in [0.29, 0.717) is 13.0 Å². The van der Waals surface area contributed by atoms with Crippen molar-refractivity contribution in [3.05, 3.63) is 35.9 Å². The first kappa shape index (κ1) is 22.7. The summed E-state index contributed by atoms with van der Waals surface area (Å²) in [6.45, 7) is 4.81. The van der Waals surface area contributed by atoms with Crippen LogP contribution in [-0.4, -0.2) is 54.6 Å². The summed E-state index contributed by atoms with van der Waals surface area (Å²) >= 11 is 0. The number of ether oxygens (including phenoxy) is 2. The van der Waals surface area contributed by atoms with Gasteiger partial charge in [0.15, 0.2) is 0 Å². The van der Waals surface area contributed by atoms with Crippen molar-refractivity contribution >= 4 is 17.9 Å². The minimum Gasteiger partial charge on any atom is -0.445 e. The van der Waals surface area contributed by atoms with Gasteiger partial charge in [-0.25, -0.2) is 4.79 Å². The van der Waals surface area contributed by atoms with Crippen LogP contribution in [0, 0.1) is 5.92 Å². The summed E-state index contributed by atoms with van der Waals surface area (Å²) in [6.07, 6.45) is 1.08. The summed E-state index contributed by atoms with van der Waals surface area (Å²) in [5.74, 6) is -0.742. The molecule has 0 aliphatic carbocycles. The lowest BCUT2D eigenvalue weighted by atomic mass is 10.1. The summed E-state index contributed by atoms with van der Waals surface area (Å²) in [6, 6.07) is 9.36. The summed E-state index contributed by atoms with van der Waals surface area (Å²) in [5.41, 5.74) is 6.01. The molecule has 8 heteroatoms. The fourth-order valence-corrected chi connectivity index (χ4v) is 3.25. The van der Waals surface area contributed by atoms with Crippen molar-refractivity contribution in [3.63, 3.8) is 0 Å². The lowest BCUT2D eigenvalue weighted by molar-refractivity contribution is -0.136. The van der Waals surface area contributed by atoms with Crippen molar-refractivity contribution in [2.24, 2.45) is 11.7 Å². The van der Waals surface area contributed by atoms with Crippen molar-refractivity contribution in [1.29, 1.82) is 0 Å². The van der Waals surface area contributed by atoms with Gasteiger partial charge in [0.05, 0.1) is 19.2 Å². The monoisotopic (exact) mass is 405 g/mol. The van der Waals surface area contributed by atoms with Crippen LogP contribution in [0.3, 0.4) is 0 Å². The summed E-state index contributed by atoms with van der Waals surface area (Å²) in [5, 5.41) is 2.49. The molecule has 1 aromatic rings. The maximum Gasteiger partial charge on any atom is 0.410 e. The first-order chi connectivity index (χ1) is 13.9. The standard InChI is InChI=1S/C21H31N3O5/c1-15(2)11-18(20(26)23-12-19(22)25)28-14-17-9-6-10-24(17)21(27)29-13-16-7-4-3-5-8-16/h3-5,7-8,15,17-18H,6,9-14H2,1-2H3,(H2,22,25)(H,23,26)/t17-,18?/m0/s1. The number of carbonyl (C=O) groups is 3. The lowest BCUT2D eigenvalue weighted by Crippen LogP contribution is -2.44. The second-order valence-corrected chi connectivity index (χ2v) is 7.67. The van der Waals surface area contributed by atoms with Gasteiger partial charge in [0.2, 0.25) is 11.8 Å². The number of nitrogens with one attached hydrogen (secondary N) is 1. The number of nitrogens with zero attached hydrogens (tertiary/aromatic N) is 1. The van der Waals surface area contributed by atoms with Gasteiger partial charge in [-0.15, -0.1) is 0 Å². The summed E-state index contributed by atoms with van der Waals surface area (Å²) < 4.78 is 11.3. The van der Waals surface area contributed by atoms with Gasteiger partial charge in [-0.3, -0.25) is 9.59 Å². The molecule has 0 saturated carbocycles. The molecule has 1 saturated heterocycles. The highest BCUT2D eigenvalue weighted by Crippen LogP contribution is 2.20. The zero-order valence-electron chi connectivity index (χ0n) is 17.1. The highest BCUT2D eigenvalue weighted by Gasteiger charge is 2.32. The van der Waals surface area contributed by atoms with Gasteiger partial charge in [-0.1, -0.05) is 44.2 Å². The largest absolute Gasteiger partial charge is 0.445 e. The predicted molar refractivity (Wildman–Crippen MR) is 108 cm³/mol. The zero-order chi connectivity index (χ0) is 21.2. The summed E-state index contributed by atoms with van der Waals surface area (Å²) in [4.78, 5) is 37.4. The fourth-order valence-electron chi connectivity index (χ4n) is 3.25. The molecule has 1 heterocycles. The highest BCUT2D eigenvalue weighted by molar-refractivity contribution is 5.86. The average molecular weight is 405 g/mol. The van der Waals surface area contributed by atoms with E-state index in [1.165, 1.54) is 0 Å². The Morgan fingerprint density at radius 1 is 1.24 bits per heavy atom. The van der Waals surface area contributed by atoms with Gasteiger partial charge in [-0.05, 0) is 30.7 Å². The molecule has 0 bridgehead atoms. The van der Waals surface area contributed by atoms with Crippen LogP contribution >= 0.6 is 0 Å². The Bertz CT molecular complexity index is 680. The van der Waals surface area contributed by atoms with E-state index in [1.54, 1.807) is 4.90 Å². The Hall–Kier alpha value is -2.61.